The zero-order valence-corrected chi connectivity index (χ0v) is 15.3. The number of para-hydroxylation sites is 1. The van der Waals surface area contributed by atoms with Crippen LogP contribution in [0.15, 0.2) is 53.1 Å². The lowest BCUT2D eigenvalue weighted by Gasteiger charge is -2.11. The number of halogens is 3. The molecule has 0 spiro atoms. The van der Waals surface area contributed by atoms with E-state index in [9.17, 15) is 13.6 Å². The maximum Gasteiger partial charge on any atom is 0.387 e. The highest BCUT2D eigenvalue weighted by atomic mass is 35.5. The number of ether oxygens (including phenoxy) is 1. The molecule has 1 amide bonds. The van der Waals surface area contributed by atoms with Gasteiger partial charge in [0, 0.05) is 35.5 Å². The number of alkyl halides is 2. The van der Waals surface area contributed by atoms with Crippen LogP contribution in [0.2, 0.25) is 5.02 Å². The molecule has 0 atom stereocenters. The van der Waals surface area contributed by atoms with Crippen LogP contribution >= 0.6 is 11.6 Å². The minimum Gasteiger partial charge on any atom is -0.434 e. The highest BCUT2D eigenvalue weighted by molar-refractivity contribution is 6.30. The number of carbonyl (C=O) groups is 1. The third kappa shape index (κ3) is 5.50. The number of nitrogens with one attached hydrogen (secondary N) is 1. The number of aromatic nitrogens is 2. The summed E-state index contributed by atoms with van der Waals surface area (Å²) in [4.78, 5) is 16.3. The molecule has 0 unspecified atom stereocenters. The van der Waals surface area contributed by atoms with Crippen molar-refractivity contribution in [1.82, 2.24) is 15.5 Å². The van der Waals surface area contributed by atoms with E-state index in [1.54, 1.807) is 42.5 Å². The third-order valence-corrected chi connectivity index (χ3v) is 4.05. The fourth-order valence-electron chi connectivity index (χ4n) is 2.44. The van der Waals surface area contributed by atoms with Crippen LogP contribution in [0.5, 0.6) is 5.75 Å². The van der Waals surface area contributed by atoms with Crippen LogP contribution in [0.3, 0.4) is 0 Å². The van der Waals surface area contributed by atoms with Gasteiger partial charge >= 0.3 is 6.61 Å². The molecule has 0 aliphatic carbocycles. The van der Waals surface area contributed by atoms with E-state index in [1.807, 2.05) is 0 Å². The number of benzene rings is 2. The van der Waals surface area contributed by atoms with Crippen molar-refractivity contribution in [3.05, 3.63) is 65.0 Å². The first kappa shape index (κ1) is 19.8. The van der Waals surface area contributed by atoms with Gasteiger partial charge in [-0.3, -0.25) is 4.79 Å². The molecule has 0 bridgehead atoms. The zero-order chi connectivity index (χ0) is 19.9. The van der Waals surface area contributed by atoms with Gasteiger partial charge in [0.05, 0.1) is 0 Å². The minimum absolute atomic E-state index is 0.0299. The normalized spacial score (nSPS) is 10.9. The number of hydrogen-bond acceptors (Lipinski definition) is 5. The molecule has 1 aromatic heterocycles. The second-order valence-electron chi connectivity index (χ2n) is 5.78. The van der Waals surface area contributed by atoms with Crippen molar-refractivity contribution in [3.63, 3.8) is 0 Å². The summed E-state index contributed by atoms with van der Waals surface area (Å²) in [7, 11) is 0. The summed E-state index contributed by atoms with van der Waals surface area (Å²) in [5, 5.41) is 7.14. The van der Waals surface area contributed by atoms with Gasteiger partial charge in [0.15, 0.2) is 0 Å². The third-order valence-electron chi connectivity index (χ3n) is 3.80. The molecule has 28 heavy (non-hydrogen) atoms. The van der Waals surface area contributed by atoms with Crippen molar-refractivity contribution in [2.45, 2.75) is 26.0 Å². The Morgan fingerprint density at radius 1 is 1.18 bits per heavy atom. The van der Waals surface area contributed by atoms with Crippen LogP contribution in [0, 0.1) is 0 Å². The van der Waals surface area contributed by atoms with Crippen molar-refractivity contribution >= 4 is 17.5 Å². The van der Waals surface area contributed by atoms with Gasteiger partial charge < -0.3 is 14.6 Å². The van der Waals surface area contributed by atoms with Crippen molar-refractivity contribution in [2.24, 2.45) is 0 Å². The molecule has 3 aromatic rings. The van der Waals surface area contributed by atoms with Gasteiger partial charge in [0.2, 0.25) is 17.6 Å². The summed E-state index contributed by atoms with van der Waals surface area (Å²) in [5.41, 5.74) is 1.21. The molecule has 9 heteroatoms. The van der Waals surface area contributed by atoms with E-state index in [0.717, 1.165) is 5.56 Å². The van der Waals surface area contributed by atoms with Crippen LogP contribution in [-0.2, 0) is 17.8 Å². The Morgan fingerprint density at radius 2 is 1.93 bits per heavy atom. The molecule has 0 aliphatic rings. The highest BCUT2D eigenvalue weighted by Crippen LogP contribution is 2.20. The second-order valence-corrected chi connectivity index (χ2v) is 6.22. The lowest BCUT2D eigenvalue weighted by molar-refractivity contribution is -0.121. The molecule has 146 valence electrons. The Morgan fingerprint density at radius 3 is 2.68 bits per heavy atom. The average molecular weight is 408 g/mol. The van der Waals surface area contributed by atoms with Crippen molar-refractivity contribution in [3.8, 4) is 17.1 Å². The quantitative estimate of drug-likeness (QED) is 0.604. The van der Waals surface area contributed by atoms with E-state index in [0.29, 0.717) is 22.3 Å². The Bertz CT molecular complexity index is 932. The SMILES string of the molecule is O=C(CCc1nc(-c2ccc(Cl)cc2)no1)NCc1ccccc1OC(F)F. The summed E-state index contributed by atoms with van der Waals surface area (Å²) in [6.07, 6.45) is 0.363. The molecule has 0 saturated carbocycles. The number of carbonyl (C=O) groups excluding carboxylic acids is 1. The fourth-order valence-corrected chi connectivity index (χ4v) is 2.56. The molecule has 6 nitrogen and oxygen atoms in total. The molecule has 0 saturated heterocycles. The molecule has 1 heterocycles. The van der Waals surface area contributed by atoms with Gasteiger partial charge in [-0.15, -0.1) is 0 Å². The molecule has 0 radical (unpaired) electrons. The van der Waals surface area contributed by atoms with Gasteiger partial charge in [-0.1, -0.05) is 35.0 Å². The van der Waals surface area contributed by atoms with Gasteiger partial charge in [-0.05, 0) is 30.3 Å². The fraction of sp³-hybridized carbons (Fsp3) is 0.211. The Kier molecular flexibility index (Phi) is 6.54. The molecule has 3 rings (SSSR count). The monoisotopic (exact) mass is 407 g/mol. The standard InChI is InChI=1S/C19H16ClF2N3O3/c20-14-7-5-12(6-8-14)18-24-17(28-25-18)10-9-16(26)23-11-13-3-1-2-4-15(13)27-19(21)22/h1-8,19H,9-11H2,(H,23,26). The van der Waals surface area contributed by atoms with E-state index in [4.69, 9.17) is 16.1 Å². The van der Waals surface area contributed by atoms with Crippen LogP contribution in [0.4, 0.5) is 8.78 Å². The summed E-state index contributed by atoms with van der Waals surface area (Å²) < 4.78 is 34.4. The minimum atomic E-state index is -2.93. The lowest BCUT2D eigenvalue weighted by Crippen LogP contribution is -2.23. The van der Waals surface area contributed by atoms with Gasteiger partial charge in [0.25, 0.3) is 0 Å². The van der Waals surface area contributed by atoms with E-state index in [-0.39, 0.29) is 31.0 Å². The predicted octanol–water partition coefficient (Wildman–Crippen LogP) is 4.24. The van der Waals surface area contributed by atoms with Crippen LogP contribution in [-0.4, -0.2) is 22.7 Å². The Labute approximate surface area is 164 Å². The van der Waals surface area contributed by atoms with Crippen molar-refractivity contribution in [2.75, 3.05) is 0 Å². The number of nitrogens with zero attached hydrogens (tertiary/aromatic N) is 2. The molecule has 0 fully saturated rings. The largest absolute Gasteiger partial charge is 0.434 e. The molecule has 0 aliphatic heterocycles. The van der Waals surface area contributed by atoms with Crippen LogP contribution in [0.25, 0.3) is 11.4 Å². The molecular weight excluding hydrogens is 392 g/mol. The predicted molar refractivity (Wildman–Crippen MR) is 98.0 cm³/mol. The summed E-state index contributed by atoms with van der Waals surface area (Å²) in [6, 6.07) is 13.3. The van der Waals surface area contributed by atoms with E-state index >= 15 is 0 Å². The number of rotatable bonds is 8. The summed E-state index contributed by atoms with van der Waals surface area (Å²) in [5.74, 6) is 0.479. The maximum atomic E-state index is 12.4. The number of amides is 1. The summed E-state index contributed by atoms with van der Waals surface area (Å²) in [6.45, 7) is -2.86. The molecular formula is C19H16ClF2N3O3. The van der Waals surface area contributed by atoms with Crippen molar-refractivity contribution < 1.29 is 22.8 Å². The Hall–Kier alpha value is -3.00. The van der Waals surface area contributed by atoms with Gasteiger partial charge in [-0.25, -0.2) is 0 Å². The van der Waals surface area contributed by atoms with E-state index in [2.05, 4.69) is 20.2 Å². The first-order valence-corrected chi connectivity index (χ1v) is 8.77. The number of aryl methyl sites for hydroxylation is 1. The van der Waals surface area contributed by atoms with E-state index < -0.39 is 6.61 Å². The van der Waals surface area contributed by atoms with Crippen LogP contribution in [0.1, 0.15) is 17.9 Å². The number of hydrogen-bond donors (Lipinski definition) is 1. The molecule has 1 N–H and O–H groups in total. The summed E-state index contributed by atoms with van der Waals surface area (Å²) >= 11 is 5.84. The average Bonchev–Trinajstić information content (AvgIpc) is 3.15. The molecule has 2 aromatic carbocycles. The lowest BCUT2D eigenvalue weighted by atomic mass is 10.2. The van der Waals surface area contributed by atoms with Gasteiger partial charge in [-0.2, -0.15) is 13.8 Å². The smallest absolute Gasteiger partial charge is 0.387 e. The topological polar surface area (TPSA) is 77.2 Å². The maximum absolute atomic E-state index is 12.4. The first-order valence-electron chi connectivity index (χ1n) is 8.39. The Balaban J connectivity index is 1.51. The second kappa shape index (κ2) is 9.27. The first-order chi connectivity index (χ1) is 13.5. The highest BCUT2D eigenvalue weighted by Gasteiger charge is 2.12. The van der Waals surface area contributed by atoms with Crippen molar-refractivity contribution in [1.29, 1.82) is 0 Å². The van der Waals surface area contributed by atoms with E-state index in [1.165, 1.54) is 6.07 Å². The van der Waals surface area contributed by atoms with Crippen LogP contribution < -0.4 is 10.1 Å². The zero-order valence-electron chi connectivity index (χ0n) is 14.6. The van der Waals surface area contributed by atoms with Gasteiger partial charge in [0.1, 0.15) is 5.75 Å².